The monoisotopic (exact) mass is 286 g/mol. The van der Waals surface area contributed by atoms with E-state index in [0.717, 1.165) is 12.1 Å². The second-order valence-corrected chi connectivity index (χ2v) is 5.30. The first kappa shape index (κ1) is 15.1. The average molecular weight is 286 g/mol. The van der Waals surface area contributed by atoms with E-state index in [1.165, 1.54) is 13.2 Å². The van der Waals surface area contributed by atoms with E-state index in [-0.39, 0.29) is 17.2 Å². The zero-order chi connectivity index (χ0) is 14.5. The van der Waals surface area contributed by atoms with Crippen LogP contribution in [0.2, 0.25) is 0 Å². The number of hydrogen-bond donors (Lipinski definition) is 1. The van der Waals surface area contributed by atoms with E-state index >= 15 is 0 Å². The van der Waals surface area contributed by atoms with Crippen LogP contribution < -0.4 is 9.46 Å². The molecule has 0 unspecified atom stereocenters. The lowest BCUT2D eigenvalue weighted by atomic mass is 10.3. The number of nitrogens with zero attached hydrogens (tertiary/aromatic N) is 1. The Labute approximate surface area is 111 Å². The van der Waals surface area contributed by atoms with Crippen molar-refractivity contribution in [2.75, 3.05) is 13.7 Å². The van der Waals surface area contributed by atoms with E-state index in [1.807, 2.05) is 0 Å². The van der Waals surface area contributed by atoms with Gasteiger partial charge in [-0.1, -0.05) is 6.08 Å². The minimum absolute atomic E-state index is 0.134. The highest BCUT2D eigenvalue weighted by atomic mass is 32.2. The predicted octanol–water partition coefficient (Wildman–Crippen LogP) is 1.46. The van der Waals surface area contributed by atoms with Gasteiger partial charge in [0.1, 0.15) is 5.75 Å². The molecule has 7 nitrogen and oxygen atoms in total. The molecular formula is C11H14N2O5S. The second-order valence-electron chi connectivity index (χ2n) is 3.57. The Morgan fingerprint density at radius 3 is 2.74 bits per heavy atom. The molecule has 0 heterocycles. The minimum atomic E-state index is -3.93. The van der Waals surface area contributed by atoms with E-state index in [0.29, 0.717) is 6.42 Å². The molecule has 1 aromatic carbocycles. The third-order valence-electron chi connectivity index (χ3n) is 2.29. The van der Waals surface area contributed by atoms with Crippen molar-refractivity contribution in [3.63, 3.8) is 0 Å². The molecule has 1 aromatic rings. The molecule has 0 radical (unpaired) electrons. The smallest absolute Gasteiger partial charge is 0.293 e. The molecule has 0 atom stereocenters. The molecule has 8 heteroatoms. The van der Waals surface area contributed by atoms with Crippen LogP contribution in [0.5, 0.6) is 5.75 Å². The molecule has 0 saturated heterocycles. The fraction of sp³-hybridized carbons (Fsp3) is 0.273. The SMILES string of the molecule is C=CCCNS(=O)(=O)c1ccc(OC)cc1[N+](=O)[O-]. The van der Waals surface area contributed by atoms with Gasteiger partial charge in [0.25, 0.3) is 5.69 Å². The Morgan fingerprint density at radius 1 is 1.53 bits per heavy atom. The highest BCUT2D eigenvalue weighted by Gasteiger charge is 2.25. The summed E-state index contributed by atoms with van der Waals surface area (Å²) in [5.41, 5.74) is -0.523. The van der Waals surface area contributed by atoms with Crippen molar-refractivity contribution in [3.8, 4) is 5.75 Å². The van der Waals surface area contributed by atoms with Crippen LogP contribution in [0.15, 0.2) is 35.7 Å². The lowest BCUT2D eigenvalue weighted by molar-refractivity contribution is -0.387. The fourth-order valence-corrected chi connectivity index (χ4v) is 2.57. The molecule has 0 amide bonds. The number of nitro groups is 1. The van der Waals surface area contributed by atoms with Gasteiger partial charge in [-0.25, -0.2) is 13.1 Å². The molecule has 0 spiro atoms. The van der Waals surface area contributed by atoms with Crippen molar-refractivity contribution in [3.05, 3.63) is 41.0 Å². The molecule has 0 aliphatic heterocycles. The first-order chi connectivity index (χ1) is 8.92. The van der Waals surface area contributed by atoms with Gasteiger partial charge in [-0.2, -0.15) is 0 Å². The maximum Gasteiger partial charge on any atom is 0.293 e. The number of rotatable bonds is 7. The Balaban J connectivity index is 3.18. The molecule has 0 bridgehead atoms. The van der Waals surface area contributed by atoms with Gasteiger partial charge >= 0.3 is 0 Å². The molecule has 104 valence electrons. The standard InChI is InChI=1S/C11H14N2O5S/c1-3-4-7-12-19(16,17)11-6-5-9(18-2)8-10(11)13(14)15/h3,5-6,8,12H,1,4,7H2,2H3. The third-order valence-corrected chi connectivity index (χ3v) is 3.80. The second kappa shape index (κ2) is 6.30. The van der Waals surface area contributed by atoms with E-state index in [9.17, 15) is 18.5 Å². The van der Waals surface area contributed by atoms with Crippen LogP contribution in [0.4, 0.5) is 5.69 Å². The van der Waals surface area contributed by atoms with Crippen LogP contribution in [-0.4, -0.2) is 27.0 Å². The van der Waals surface area contributed by atoms with E-state index in [2.05, 4.69) is 11.3 Å². The zero-order valence-electron chi connectivity index (χ0n) is 10.3. The summed E-state index contributed by atoms with van der Waals surface area (Å²) < 4.78 is 31.0. The average Bonchev–Trinajstić information content (AvgIpc) is 2.38. The number of sulfonamides is 1. The third kappa shape index (κ3) is 3.76. The Kier molecular flexibility index (Phi) is 5.02. The summed E-state index contributed by atoms with van der Waals surface area (Å²) in [5, 5.41) is 10.9. The van der Waals surface area contributed by atoms with Crippen LogP contribution in [-0.2, 0) is 10.0 Å². The number of nitro benzene ring substituents is 1. The normalized spacial score (nSPS) is 11.0. The summed E-state index contributed by atoms with van der Waals surface area (Å²) >= 11 is 0. The number of methoxy groups -OCH3 is 1. The summed E-state index contributed by atoms with van der Waals surface area (Å²) in [6, 6.07) is 3.57. The molecule has 0 aromatic heterocycles. The zero-order valence-corrected chi connectivity index (χ0v) is 11.1. The molecule has 1 N–H and O–H groups in total. The molecular weight excluding hydrogens is 272 g/mol. The molecule has 0 saturated carbocycles. The van der Waals surface area contributed by atoms with Gasteiger partial charge in [0.05, 0.1) is 18.1 Å². The highest BCUT2D eigenvalue weighted by Crippen LogP contribution is 2.28. The summed E-state index contributed by atoms with van der Waals surface area (Å²) in [5.74, 6) is 0.219. The van der Waals surface area contributed by atoms with Crippen LogP contribution in [0.1, 0.15) is 6.42 Å². The number of ether oxygens (including phenoxy) is 1. The quantitative estimate of drug-likeness (QED) is 0.354. The van der Waals surface area contributed by atoms with Crippen molar-refractivity contribution in [1.82, 2.24) is 4.72 Å². The van der Waals surface area contributed by atoms with Gasteiger partial charge in [-0.05, 0) is 18.6 Å². The van der Waals surface area contributed by atoms with Crippen molar-refractivity contribution < 1.29 is 18.1 Å². The summed E-state index contributed by atoms with van der Waals surface area (Å²) in [6.07, 6.45) is 1.98. The lowest BCUT2D eigenvalue weighted by Crippen LogP contribution is -2.25. The molecule has 19 heavy (non-hydrogen) atoms. The first-order valence-corrected chi connectivity index (χ1v) is 6.83. The van der Waals surface area contributed by atoms with E-state index in [4.69, 9.17) is 4.74 Å². The van der Waals surface area contributed by atoms with Gasteiger partial charge in [0.15, 0.2) is 4.90 Å². The van der Waals surface area contributed by atoms with Crippen LogP contribution >= 0.6 is 0 Å². The topological polar surface area (TPSA) is 98.5 Å². The largest absolute Gasteiger partial charge is 0.497 e. The van der Waals surface area contributed by atoms with Crippen molar-refractivity contribution in [2.24, 2.45) is 0 Å². The Morgan fingerprint density at radius 2 is 2.21 bits per heavy atom. The predicted molar refractivity (Wildman–Crippen MR) is 69.7 cm³/mol. The summed E-state index contributed by atoms with van der Waals surface area (Å²) in [4.78, 5) is 9.76. The molecule has 0 aliphatic rings. The lowest BCUT2D eigenvalue weighted by Gasteiger charge is -2.07. The maximum atomic E-state index is 11.9. The maximum absolute atomic E-state index is 11.9. The number of nitrogens with one attached hydrogen (secondary N) is 1. The Hall–Kier alpha value is -1.93. The van der Waals surface area contributed by atoms with Gasteiger partial charge in [0, 0.05) is 6.54 Å². The fourth-order valence-electron chi connectivity index (χ4n) is 1.37. The molecule has 0 aliphatic carbocycles. The summed E-state index contributed by atoms with van der Waals surface area (Å²) in [7, 11) is -2.59. The van der Waals surface area contributed by atoms with E-state index < -0.39 is 20.6 Å². The molecule has 1 rings (SSSR count). The summed E-state index contributed by atoms with van der Waals surface area (Å²) in [6.45, 7) is 3.60. The van der Waals surface area contributed by atoms with Crippen molar-refractivity contribution in [1.29, 1.82) is 0 Å². The van der Waals surface area contributed by atoms with Gasteiger partial charge < -0.3 is 4.74 Å². The number of hydrogen-bond acceptors (Lipinski definition) is 5. The Bertz CT molecular complexity index is 583. The number of benzene rings is 1. The molecule has 0 fully saturated rings. The van der Waals surface area contributed by atoms with Crippen LogP contribution in [0.25, 0.3) is 0 Å². The highest BCUT2D eigenvalue weighted by molar-refractivity contribution is 7.89. The van der Waals surface area contributed by atoms with Crippen molar-refractivity contribution in [2.45, 2.75) is 11.3 Å². The van der Waals surface area contributed by atoms with Gasteiger partial charge in [0.2, 0.25) is 10.0 Å². The first-order valence-electron chi connectivity index (χ1n) is 5.35. The van der Waals surface area contributed by atoms with Crippen LogP contribution in [0, 0.1) is 10.1 Å². The van der Waals surface area contributed by atoms with E-state index in [1.54, 1.807) is 6.08 Å². The minimum Gasteiger partial charge on any atom is -0.497 e. The van der Waals surface area contributed by atoms with Crippen LogP contribution in [0.3, 0.4) is 0 Å². The van der Waals surface area contributed by atoms with Gasteiger partial charge in [-0.3, -0.25) is 10.1 Å². The van der Waals surface area contributed by atoms with Crippen molar-refractivity contribution >= 4 is 15.7 Å². The van der Waals surface area contributed by atoms with Gasteiger partial charge in [-0.15, -0.1) is 6.58 Å².